The van der Waals surface area contributed by atoms with Gasteiger partial charge in [0.1, 0.15) is 0 Å². The Morgan fingerprint density at radius 3 is 2.11 bits per heavy atom. The van der Waals surface area contributed by atoms with E-state index in [0.29, 0.717) is 26.3 Å². The number of hydrogen-bond acceptors (Lipinski definition) is 6. The van der Waals surface area contributed by atoms with Gasteiger partial charge in [-0.25, -0.2) is 13.2 Å². The summed E-state index contributed by atoms with van der Waals surface area (Å²) < 4.78 is 36.8. The molecule has 0 atom stereocenters. The first-order valence-corrected chi connectivity index (χ1v) is 10.7. The predicted molar refractivity (Wildman–Crippen MR) is 103 cm³/mol. The van der Waals surface area contributed by atoms with Crippen LogP contribution in [-0.2, 0) is 24.3 Å². The molecule has 28 heavy (non-hydrogen) atoms. The van der Waals surface area contributed by atoms with Gasteiger partial charge < -0.3 is 14.4 Å². The zero-order valence-corrected chi connectivity index (χ0v) is 17.6. The van der Waals surface area contributed by atoms with Crippen molar-refractivity contribution in [2.75, 3.05) is 32.9 Å². The molecule has 1 aromatic rings. The number of amides is 1. The Bertz CT molecular complexity index is 775. The first-order valence-electron chi connectivity index (χ1n) is 9.31. The van der Waals surface area contributed by atoms with Crippen LogP contribution in [0.15, 0.2) is 29.2 Å². The van der Waals surface area contributed by atoms with E-state index in [2.05, 4.69) is 0 Å². The van der Waals surface area contributed by atoms with Gasteiger partial charge in [0, 0.05) is 25.2 Å². The molecule has 0 saturated carbocycles. The third kappa shape index (κ3) is 5.30. The molecule has 156 valence electrons. The van der Waals surface area contributed by atoms with Crippen molar-refractivity contribution in [3.8, 4) is 0 Å². The number of hydrogen-bond donors (Lipinski definition) is 0. The van der Waals surface area contributed by atoms with Crippen molar-refractivity contribution >= 4 is 21.9 Å². The summed E-state index contributed by atoms with van der Waals surface area (Å²) in [4.78, 5) is 26.2. The maximum atomic E-state index is 12.6. The number of rotatable bonds is 7. The van der Waals surface area contributed by atoms with Crippen molar-refractivity contribution < 1.29 is 27.5 Å². The van der Waals surface area contributed by atoms with Gasteiger partial charge in [0.05, 0.1) is 23.7 Å². The molecule has 8 nitrogen and oxygen atoms in total. The van der Waals surface area contributed by atoms with Crippen molar-refractivity contribution in [1.29, 1.82) is 0 Å². The van der Waals surface area contributed by atoms with Gasteiger partial charge >= 0.3 is 5.97 Å². The fourth-order valence-electron chi connectivity index (χ4n) is 3.16. The van der Waals surface area contributed by atoms with E-state index in [0.717, 1.165) is 0 Å². The number of morpholine rings is 1. The molecule has 0 aromatic heterocycles. The molecule has 1 aromatic carbocycles. The van der Waals surface area contributed by atoms with Crippen molar-refractivity contribution in [3.05, 3.63) is 29.8 Å². The van der Waals surface area contributed by atoms with E-state index in [1.165, 1.54) is 28.6 Å². The molecule has 1 amide bonds. The standard InChI is InChI=1S/C19H28N2O6S/c1-14(2)21(15(3)4)18(22)13-27-19(23)16-5-7-17(8-6-16)28(24,25)20-9-11-26-12-10-20/h5-8,14-15H,9-13H2,1-4H3. The molecule has 1 aliphatic heterocycles. The van der Waals surface area contributed by atoms with Crippen LogP contribution in [0.3, 0.4) is 0 Å². The predicted octanol–water partition coefficient (Wildman–Crippen LogP) is 1.51. The largest absolute Gasteiger partial charge is 0.452 e. The minimum Gasteiger partial charge on any atom is -0.452 e. The Morgan fingerprint density at radius 2 is 1.61 bits per heavy atom. The van der Waals surface area contributed by atoms with Gasteiger partial charge in [0.25, 0.3) is 5.91 Å². The molecule has 1 aliphatic rings. The Hall–Kier alpha value is -1.97. The molecule has 1 saturated heterocycles. The van der Waals surface area contributed by atoms with Gasteiger partial charge in [0.15, 0.2) is 6.61 Å². The summed E-state index contributed by atoms with van der Waals surface area (Å²) in [6, 6.07) is 5.52. The number of carbonyl (C=O) groups excluding carboxylic acids is 2. The molecule has 0 N–H and O–H groups in total. The zero-order chi connectivity index (χ0) is 20.9. The summed E-state index contributed by atoms with van der Waals surface area (Å²) in [6.45, 7) is 8.56. The molecular formula is C19H28N2O6S. The molecule has 2 rings (SSSR count). The van der Waals surface area contributed by atoms with E-state index < -0.39 is 16.0 Å². The van der Waals surface area contributed by atoms with Gasteiger partial charge in [-0.3, -0.25) is 4.79 Å². The number of benzene rings is 1. The molecular weight excluding hydrogens is 384 g/mol. The maximum absolute atomic E-state index is 12.6. The lowest BCUT2D eigenvalue weighted by Gasteiger charge is -2.30. The zero-order valence-electron chi connectivity index (χ0n) is 16.8. The number of esters is 1. The normalized spacial score (nSPS) is 15.6. The van der Waals surface area contributed by atoms with Crippen LogP contribution in [0.5, 0.6) is 0 Å². The monoisotopic (exact) mass is 412 g/mol. The van der Waals surface area contributed by atoms with Crippen molar-refractivity contribution in [1.82, 2.24) is 9.21 Å². The molecule has 0 aliphatic carbocycles. The number of sulfonamides is 1. The smallest absolute Gasteiger partial charge is 0.338 e. The quantitative estimate of drug-likeness (QED) is 0.630. The average Bonchev–Trinajstić information content (AvgIpc) is 2.66. The van der Waals surface area contributed by atoms with E-state index in [9.17, 15) is 18.0 Å². The molecule has 0 spiro atoms. The lowest BCUT2D eigenvalue weighted by molar-refractivity contribution is -0.138. The number of ether oxygens (including phenoxy) is 2. The lowest BCUT2D eigenvalue weighted by atomic mass is 10.2. The highest BCUT2D eigenvalue weighted by atomic mass is 32.2. The average molecular weight is 413 g/mol. The first-order chi connectivity index (χ1) is 13.1. The van der Waals surface area contributed by atoms with E-state index in [1.54, 1.807) is 4.90 Å². The Labute approximate surface area is 166 Å². The molecule has 0 unspecified atom stereocenters. The van der Waals surface area contributed by atoms with Gasteiger partial charge in [-0.2, -0.15) is 4.31 Å². The SMILES string of the molecule is CC(C)N(C(=O)COC(=O)c1ccc(S(=O)(=O)N2CCOCC2)cc1)C(C)C. The van der Waals surface area contributed by atoms with E-state index in [4.69, 9.17) is 9.47 Å². The van der Waals surface area contributed by atoms with Crippen molar-refractivity contribution in [2.45, 2.75) is 44.7 Å². The van der Waals surface area contributed by atoms with Crippen LogP contribution in [0, 0.1) is 0 Å². The van der Waals surface area contributed by atoms with Crippen molar-refractivity contribution in [3.63, 3.8) is 0 Å². The number of carbonyl (C=O) groups is 2. The summed E-state index contributed by atoms with van der Waals surface area (Å²) in [7, 11) is -3.62. The van der Waals surface area contributed by atoms with Gasteiger partial charge in [0.2, 0.25) is 10.0 Å². The third-order valence-corrected chi connectivity index (χ3v) is 6.34. The van der Waals surface area contributed by atoms with Crippen LogP contribution in [0.2, 0.25) is 0 Å². The van der Waals surface area contributed by atoms with Gasteiger partial charge in [-0.15, -0.1) is 0 Å². The van der Waals surface area contributed by atoms with Crippen LogP contribution < -0.4 is 0 Å². The highest BCUT2D eigenvalue weighted by Crippen LogP contribution is 2.18. The lowest BCUT2D eigenvalue weighted by Crippen LogP contribution is -2.44. The second kappa shape index (κ2) is 9.49. The molecule has 1 heterocycles. The second-order valence-electron chi connectivity index (χ2n) is 7.11. The molecule has 0 radical (unpaired) electrons. The summed E-state index contributed by atoms with van der Waals surface area (Å²) in [5, 5.41) is 0. The molecule has 0 bridgehead atoms. The minimum atomic E-state index is -3.62. The molecule has 9 heteroatoms. The van der Waals surface area contributed by atoms with E-state index >= 15 is 0 Å². The Balaban J connectivity index is 2.01. The topological polar surface area (TPSA) is 93.2 Å². The Morgan fingerprint density at radius 1 is 1.07 bits per heavy atom. The highest BCUT2D eigenvalue weighted by Gasteiger charge is 2.26. The summed E-state index contributed by atoms with van der Waals surface area (Å²) in [6.07, 6.45) is 0. The fourth-order valence-corrected chi connectivity index (χ4v) is 4.56. The Kier molecular flexibility index (Phi) is 7.56. The van der Waals surface area contributed by atoms with E-state index in [-0.39, 0.29) is 35.1 Å². The van der Waals surface area contributed by atoms with Gasteiger partial charge in [-0.05, 0) is 52.0 Å². The van der Waals surface area contributed by atoms with Crippen LogP contribution in [0.1, 0.15) is 38.1 Å². The molecule has 1 fully saturated rings. The van der Waals surface area contributed by atoms with Crippen LogP contribution in [0.25, 0.3) is 0 Å². The number of nitrogens with zero attached hydrogens (tertiary/aromatic N) is 2. The maximum Gasteiger partial charge on any atom is 0.338 e. The van der Waals surface area contributed by atoms with E-state index in [1.807, 2.05) is 27.7 Å². The second-order valence-corrected chi connectivity index (χ2v) is 9.04. The summed E-state index contributed by atoms with van der Waals surface area (Å²) in [5.41, 5.74) is 0.189. The van der Waals surface area contributed by atoms with Gasteiger partial charge in [-0.1, -0.05) is 0 Å². The first kappa shape index (κ1) is 22.3. The van der Waals surface area contributed by atoms with Crippen molar-refractivity contribution in [2.24, 2.45) is 0 Å². The summed E-state index contributed by atoms with van der Waals surface area (Å²) in [5.74, 6) is -0.944. The fraction of sp³-hybridized carbons (Fsp3) is 0.579. The third-order valence-electron chi connectivity index (χ3n) is 4.43. The highest BCUT2D eigenvalue weighted by molar-refractivity contribution is 7.89. The van der Waals surface area contributed by atoms with Crippen LogP contribution in [0.4, 0.5) is 0 Å². The minimum absolute atomic E-state index is 0.00382. The van der Waals surface area contributed by atoms with Crippen LogP contribution in [-0.4, -0.2) is 74.5 Å². The van der Waals surface area contributed by atoms with Crippen LogP contribution >= 0.6 is 0 Å². The summed E-state index contributed by atoms with van der Waals surface area (Å²) >= 11 is 0.